The van der Waals surface area contributed by atoms with Crippen LogP contribution >= 0.6 is 11.6 Å². The standard InChI is InChI=1S/C25H26ClN5O3/c1-34-22-10-5-2-7-19(22)24(32)31-14-6-13-30(15-16-31)23-12-11-18(17-27-23)28-25(33)29-21-9-4-3-8-20(21)26/h2-5,7-12,17H,6,13-16H2,1H3,(H2,28,29,33). The first-order valence-corrected chi connectivity index (χ1v) is 11.4. The number of rotatable bonds is 5. The van der Waals surface area contributed by atoms with Crippen molar-refractivity contribution in [2.24, 2.45) is 0 Å². The smallest absolute Gasteiger partial charge is 0.323 e. The summed E-state index contributed by atoms with van der Waals surface area (Å²) in [6.07, 6.45) is 2.44. The first-order valence-electron chi connectivity index (χ1n) is 11.0. The average Bonchev–Trinajstić information content (AvgIpc) is 3.12. The number of carbonyl (C=O) groups is 2. The summed E-state index contributed by atoms with van der Waals surface area (Å²) in [6, 6.07) is 17.6. The molecule has 176 valence electrons. The molecule has 0 radical (unpaired) electrons. The largest absolute Gasteiger partial charge is 0.496 e. The second-order valence-corrected chi connectivity index (χ2v) is 8.20. The highest BCUT2D eigenvalue weighted by molar-refractivity contribution is 6.33. The number of carbonyl (C=O) groups excluding carboxylic acids is 2. The lowest BCUT2D eigenvalue weighted by molar-refractivity contribution is 0.0763. The van der Waals surface area contributed by atoms with Crippen LogP contribution in [0, 0.1) is 0 Å². The van der Waals surface area contributed by atoms with Gasteiger partial charge in [-0.3, -0.25) is 4.79 Å². The molecule has 34 heavy (non-hydrogen) atoms. The number of aromatic nitrogens is 1. The highest BCUT2D eigenvalue weighted by Gasteiger charge is 2.23. The third-order valence-electron chi connectivity index (χ3n) is 5.57. The number of hydrogen-bond donors (Lipinski definition) is 2. The maximum Gasteiger partial charge on any atom is 0.323 e. The van der Waals surface area contributed by atoms with Crippen LogP contribution < -0.4 is 20.3 Å². The number of para-hydroxylation sites is 2. The number of anilines is 3. The van der Waals surface area contributed by atoms with E-state index in [1.54, 1.807) is 55.8 Å². The molecule has 0 spiro atoms. The van der Waals surface area contributed by atoms with Crippen molar-refractivity contribution in [3.8, 4) is 5.75 Å². The Balaban J connectivity index is 1.35. The number of urea groups is 1. The van der Waals surface area contributed by atoms with Gasteiger partial charge in [-0.25, -0.2) is 9.78 Å². The second kappa shape index (κ2) is 10.9. The fourth-order valence-electron chi connectivity index (χ4n) is 3.84. The van der Waals surface area contributed by atoms with Gasteiger partial charge in [-0.15, -0.1) is 0 Å². The van der Waals surface area contributed by atoms with Crippen molar-refractivity contribution in [2.75, 3.05) is 48.8 Å². The Hall–Kier alpha value is -3.78. The minimum Gasteiger partial charge on any atom is -0.496 e. The average molecular weight is 480 g/mol. The SMILES string of the molecule is COc1ccccc1C(=O)N1CCCN(c2ccc(NC(=O)Nc3ccccc3Cl)cn2)CC1. The molecule has 8 nitrogen and oxygen atoms in total. The van der Waals surface area contributed by atoms with Crippen LogP contribution in [-0.4, -0.2) is 55.1 Å². The molecule has 0 aliphatic carbocycles. The monoisotopic (exact) mass is 479 g/mol. The predicted octanol–water partition coefficient (Wildman–Crippen LogP) is 4.74. The van der Waals surface area contributed by atoms with E-state index in [9.17, 15) is 9.59 Å². The molecule has 2 aromatic carbocycles. The van der Waals surface area contributed by atoms with Gasteiger partial charge in [0, 0.05) is 26.2 Å². The molecule has 3 amide bonds. The number of methoxy groups -OCH3 is 1. The van der Waals surface area contributed by atoms with E-state index in [1.165, 1.54) is 0 Å². The number of halogens is 1. The zero-order valence-corrected chi connectivity index (χ0v) is 19.6. The van der Waals surface area contributed by atoms with Gasteiger partial charge in [0.1, 0.15) is 11.6 Å². The summed E-state index contributed by atoms with van der Waals surface area (Å²) in [7, 11) is 1.57. The molecular weight excluding hydrogens is 454 g/mol. The van der Waals surface area contributed by atoms with Crippen LogP contribution in [0.2, 0.25) is 5.02 Å². The van der Waals surface area contributed by atoms with E-state index in [4.69, 9.17) is 16.3 Å². The van der Waals surface area contributed by atoms with Crippen LogP contribution in [-0.2, 0) is 0 Å². The minimum atomic E-state index is -0.400. The molecule has 0 bridgehead atoms. The molecule has 9 heteroatoms. The summed E-state index contributed by atoms with van der Waals surface area (Å²) in [5.41, 5.74) is 1.67. The Bertz CT molecular complexity index is 1160. The van der Waals surface area contributed by atoms with Crippen LogP contribution in [0.3, 0.4) is 0 Å². The maximum atomic E-state index is 13.0. The Morgan fingerprint density at radius 1 is 0.941 bits per heavy atom. The van der Waals surface area contributed by atoms with Crippen LogP contribution in [0.4, 0.5) is 22.0 Å². The van der Waals surface area contributed by atoms with E-state index >= 15 is 0 Å². The molecule has 1 saturated heterocycles. The van der Waals surface area contributed by atoms with Crippen LogP contribution in [0.5, 0.6) is 5.75 Å². The highest BCUT2D eigenvalue weighted by Crippen LogP contribution is 2.23. The fourth-order valence-corrected chi connectivity index (χ4v) is 4.02. The van der Waals surface area contributed by atoms with Crippen molar-refractivity contribution in [1.82, 2.24) is 9.88 Å². The van der Waals surface area contributed by atoms with Gasteiger partial charge in [0.15, 0.2) is 0 Å². The topological polar surface area (TPSA) is 86.8 Å². The number of nitrogens with zero attached hydrogens (tertiary/aromatic N) is 3. The van der Waals surface area contributed by atoms with Crippen LogP contribution in [0.1, 0.15) is 16.8 Å². The Morgan fingerprint density at radius 3 is 2.50 bits per heavy atom. The molecule has 4 rings (SSSR count). The lowest BCUT2D eigenvalue weighted by Gasteiger charge is -2.23. The van der Waals surface area contributed by atoms with Crippen molar-refractivity contribution >= 4 is 40.7 Å². The van der Waals surface area contributed by atoms with Gasteiger partial charge in [-0.1, -0.05) is 35.9 Å². The van der Waals surface area contributed by atoms with Crippen molar-refractivity contribution < 1.29 is 14.3 Å². The van der Waals surface area contributed by atoms with Gasteiger partial charge in [0.2, 0.25) is 0 Å². The molecular formula is C25H26ClN5O3. The summed E-state index contributed by atoms with van der Waals surface area (Å²) in [4.78, 5) is 33.8. The van der Waals surface area contributed by atoms with E-state index < -0.39 is 6.03 Å². The molecule has 1 aliphatic heterocycles. The van der Waals surface area contributed by atoms with Crippen molar-refractivity contribution in [1.29, 1.82) is 0 Å². The van der Waals surface area contributed by atoms with Gasteiger partial charge >= 0.3 is 6.03 Å². The lowest BCUT2D eigenvalue weighted by Crippen LogP contribution is -2.35. The van der Waals surface area contributed by atoms with Crippen molar-refractivity contribution in [2.45, 2.75) is 6.42 Å². The second-order valence-electron chi connectivity index (χ2n) is 7.80. The zero-order valence-electron chi connectivity index (χ0n) is 18.8. The molecule has 2 heterocycles. The summed E-state index contributed by atoms with van der Waals surface area (Å²) >= 11 is 6.08. The molecule has 1 aliphatic rings. The summed E-state index contributed by atoms with van der Waals surface area (Å²) < 4.78 is 5.35. The van der Waals surface area contributed by atoms with Gasteiger partial charge in [0.05, 0.1) is 35.3 Å². The molecule has 1 fully saturated rings. The number of ether oxygens (including phenoxy) is 1. The van der Waals surface area contributed by atoms with Crippen LogP contribution in [0.15, 0.2) is 66.9 Å². The number of hydrogen-bond acceptors (Lipinski definition) is 5. The zero-order chi connectivity index (χ0) is 23.9. The molecule has 3 aromatic rings. The quantitative estimate of drug-likeness (QED) is 0.552. The fraction of sp³-hybridized carbons (Fsp3) is 0.240. The normalized spacial score (nSPS) is 13.7. The third kappa shape index (κ3) is 5.58. The van der Waals surface area contributed by atoms with Gasteiger partial charge in [0.25, 0.3) is 5.91 Å². The lowest BCUT2D eigenvalue weighted by atomic mass is 10.1. The first kappa shape index (κ1) is 23.4. The number of nitrogens with one attached hydrogen (secondary N) is 2. The van der Waals surface area contributed by atoms with E-state index in [-0.39, 0.29) is 5.91 Å². The van der Waals surface area contributed by atoms with Gasteiger partial charge < -0.3 is 25.2 Å². The van der Waals surface area contributed by atoms with Gasteiger partial charge in [-0.05, 0) is 42.8 Å². The van der Waals surface area contributed by atoms with E-state index in [1.807, 2.05) is 23.1 Å². The molecule has 0 atom stereocenters. The van der Waals surface area contributed by atoms with E-state index in [2.05, 4.69) is 20.5 Å². The minimum absolute atomic E-state index is 0.0312. The molecule has 1 aromatic heterocycles. The Morgan fingerprint density at radius 2 is 1.74 bits per heavy atom. The third-order valence-corrected chi connectivity index (χ3v) is 5.90. The number of pyridine rings is 1. The van der Waals surface area contributed by atoms with E-state index in [0.717, 1.165) is 18.8 Å². The summed E-state index contributed by atoms with van der Waals surface area (Å²) in [5.74, 6) is 1.34. The number of amides is 3. The van der Waals surface area contributed by atoms with Crippen molar-refractivity contribution in [3.63, 3.8) is 0 Å². The Kier molecular flexibility index (Phi) is 7.49. The summed E-state index contributed by atoms with van der Waals surface area (Å²) in [6.45, 7) is 2.68. The first-order chi connectivity index (χ1) is 16.5. The highest BCUT2D eigenvalue weighted by atomic mass is 35.5. The molecule has 2 N–H and O–H groups in total. The van der Waals surface area contributed by atoms with Crippen LogP contribution in [0.25, 0.3) is 0 Å². The Labute approximate surface area is 203 Å². The predicted molar refractivity (Wildman–Crippen MR) is 134 cm³/mol. The van der Waals surface area contributed by atoms with Gasteiger partial charge in [-0.2, -0.15) is 0 Å². The molecule has 0 unspecified atom stereocenters. The van der Waals surface area contributed by atoms with Crippen molar-refractivity contribution in [3.05, 3.63) is 77.4 Å². The number of benzene rings is 2. The van der Waals surface area contributed by atoms with E-state index in [0.29, 0.717) is 47.3 Å². The summed E-state index contributed by atoms with van der Waals surface area (Å²) in [5, 5.41) is 5.94. The molecule has 0 saturated carbocycles. The maximum absolute atomic E-state index is 13.0.